The first kappa shape index (κ1) is 31.7. The first-order valence-electron chi connectivity index (χ1n) is 12.7. The van der Waals surface area contributed by atoms with E-state index in [2.05, 4.69) is 5.32 Å². The molecule has 1 atom stereocenters. The van der Waals surface area contributed by atoms with Crippen LogP contribution in [0.2, 0.25) is 15.1 Å². The van der Waals surface area contributed by atoms with Gasteiger partial charge in [-0.3, -0.25) is 13.9 Å². The molecule has 40 heavy (non-hydrogen) atoms. The molecule has 3 aromatic carbocycles. The molecule has 2 amide bonds. The first-order chi connectivity index (χ1) is 18.9. The highest BCUT2D eigenvalue weighted by Gasteiger charge is 2.33. The zero-order valence-corrected chi connectivity index (χ0v) is 25.8. The number of hydrogen-bond acceptors (Lipinski definition) is 4. The average Bonchev–Trinajstić information content (AvgIpc) is 2.91. The Morgan fingerprint density at radius 1 is 0.925 bits per heavy atom. The number of sulfonamides is 1. The number of hydrogen-bond donors (Lipinski definition) is 1. The van der Waals surface area contributed by atoms with E-state index in [0.717, 1.165) is 15.4 Å². The minimum absolute atomic E-state index is 0.0302. The molecule has 0 aromatic heterocycles. The number of rotatable bonds is 11. The van der Waals surface area contributed by atoms with Crippen LogP contribution in [0, 0.1) is 13.8 Å². The minimum Gasteiger partial charge on any atom is -0.354 e. The molecular formula is C29H32Cl3N3O4S. The van der Waals surface area contributed by atoms with E-state index in [4.69, 9.17) is 34.8 Å². The maximum absolute atomic E-state index is 14.0. The molecule has 0 aliphatic carbocycles. The van der Waals surface area contributed by atoms with Crippen molar-refractivity contribution in [3.8, 4) is 0 Å². The van der Waals surface area contributed by atoms with Crippen LogP contribution in [0.1, 0.15) is 37.0 Å². The molecular weight excluding hydrogens is 593 g/mol. The lowest BCUT2D eigenvalue weighted by Gasteiger charge is -2.32. The van der Waals surface area contributed by atoms with E-state index in [-0.39, 0.29) is 17.3 Å². The van der Waals surface area contributed by atoms with E-state index in [9.17, 15) is 18.0 Å². The predicted octanol–water partition coefficient (Wildman–Crippen LogP) is 6.40. The number of carbonyl (C=O) groups is 2. The van der Waals surface area contributed by atoms with Crippen molar-refractivity contribution in [1.82, 2.24) is 10.2 Å². The van der Waals surface area contributed by atoms with Crippen LogP contribution in [0.15, 0.2) is 65.6 Å². The van der Waals surface area contributed by atoms with Gasteiger partial charge in [-0.15, -0.1) is 0 Å². The number of nitrogens with one attached hydrogen (secondary N) is 1. The normalized spacial score (nSPS) is 12.1. The molecule has 1 N–H and O–H groups in total. The van der Waals surface area contributed by atoms with Crippen molar-refractivity contribution >= 4 is 62.3 Å². The molecule has 3 aromatic rings. The molecule has 0 bridgehead atoms. The van der Waals surface area contributed by atoms with Crippen LogP contribution in [0.3, 0.4) is 0 Å². The molecule has 11 heteroatoms. The fourth-order valence-corrected chi connectivity index (χ4v) is 6.02. The Labute approximate surface area is 251 Å². The lowest BCUT2D eigenvalue weighted by molar-refractivity contribution is -0.139. The lowest BCUT2D eigenvalue weighted by Crippen LogP contribution is -2.51. The zero-order valence-electron chi connectivity index (χ0n) is 22.7. The second-order valence-electron chi connectivity index (χ2n) is 9.42. The van der Waals surface area contributed by atoms with Gasteiger partial charge in [-0.25, -0.2) is 8.42 Å². The summed E-state index contributed by atoms with van der Waals surface area (Å²) >= 11 is 18.8. The first-order valence-corrected chi connectivity index (χ1v) is 15.3. The van der Waals surface area contributed by atoms with Gasteiger partial charge in [-0.1, -0.05) is 53.9 Å². The van der Waals surface area contributed by atoms with Gasteiger partial charge in [-0.05, 0) is 86.8 Å². The summed E-state index contributed by atoms with van der Waals surface area (Å²) in [6.07, 6.45) is 0.711. The number of carbonyl (C=O) groups excluding carboxylic acids is 2. The van der Waals surface area contributed by atoms with Gasteiger partial charge in [0.1, 0.15) is 12.6 Å². The van der Waals surface area contributed by atoms with Crippen molar-refractivity contribution in [1.29, 1.82) is 0 Å². The van der Waals surface area contributed by atoms with Gasteiger partial charge < -0.3 is 10.2 Å². The maximum atomic E-state index is 14.0. The molecule has 0 aliphatic rings. The number of halogens is 3. The SMILES string of the molecule is CCCNC(=O)[C@@H](C)N(Cc1c(Cl)cccc1Cl)C(=O)CN(c1ccc(C)c(C)c1)S(=O)(=O)c1ccc(Cl)cc1. The summed E-state index contributed by atoms with van der Waals surface area (Å²) in [5.74, 6) is -0.984. The second-order valence-corrected chi connectivity index (χ2v) is 12.5. The molecule has 0 fully saturated rings. The molecule has 3 rings (SSSR count). The second kappa shape index (κ2) is 13.7. The van der Waals surface area contributed by atoms with Crippen molar-refractivity contribution in [2.75, 3.05) is 17.4 Å². The average molecular weight is 625 g/mol. The Hall–Kier alpha value is -2.78. The third kappa shape index (κ3) is 7.49. The van der Waals surface area contributed by atoms with Crippen LogP contribution < -0.4 is 9.62 Å². The molecule has 0 saturated carbocycles. The van der Waals surface area contributed by atoms with E-state index >= 15 is 0 Å². The van der Waals surface area contributed by atoms with Gasteiger partial charge in [0, 0.05) is 33.7 Å². The van der Waals surface area contributed by atoms with Crippen molar-refractivity contribution in [3.63, 3.8) is 0 Å². The van der Waals surface area contributed by atoms with Gasteiger partial charge in [0.05, 0.1) is 10.6 Å². The maximum Gasteiger partial charge on any atom is 0.264 e. The van der Waals surface area contributed by atoms with Crippen LogP contribution >= 0.6 is 34.8 Å². The standard InChI is InChI=1S/C29H32Cl3N3O4S/c1-5-15-33-29(37)21(4)34(17-25-26(31)7-6-8-27(25)32)28(36)18-35(23-12-9-19(2)20(3)16-23)40(38,39)24-13-10-22(30)11-14-24/h6-14,16,21H,5,15,17-18H2,1-4H3,(H,33,37)/t21-/m1/s1. The summed E-state index contributed by atoms with van der Waals surface area (Å²) in [4.78, 5) is 28.2. The lowest BCUT2D eigenvalue weighted by atomic mass is 10.1. The Morgan fingerprint density at radius 2 is 1.55 bits per heavy atom. The molecule has 0 aliphatic heterocycles. The van der Waals surface area contributed by atoms with Crippen molar-refractivity contribution in [2.24, 2.45) is 0 Å². The summed E-state index contributed by atoms with van der Waals surface area (Å²) in [6.45, 7) is 7.04. The predicted molar refractivity (Wildman–Crippen MR) is 162 cm³/mol. The van der Waals surface area contributed by atoms with Gasteiger partial charge in [0.15, 0.2) is 0 Å². The van der Waals surface area contributed by atoms with Crippen LogP contribution in [0.25, 0.3) is 0 Å². The molecule has 7 nitrogen and oxygen atoms in total. The van der Waals surface area contributed by atoms with Crippen molar-refractivity contribution in [2.45, 2.75) is 51.6 Å². The number of benzene rings is 3. The van der Waals surface area contributed by atoms with E-state index in [0.29, 0.717) is 39.3 Å². The Morgan fingerprint density at radius 3 is 2.12 bits per heavy atom. The van der Waals surface area contributed by atoms with Crippen molar-refractivity contribution in [3.05, 3.63) is 92.4 Å². The number of aryl methyl sites for hydroxylation is 2. The molecule has 0 spiro atoms. The highest BCUT2D eigenvalue weighted by Crippen LogP contribution is 2.29. The summed E-state index contributed by atoms with van der Waals surface area (Å²) < 4.78 is 28.8. The van der Waals surface area contributed by atoms with E-state index in [1.54, 1.807) is 43.3 Å². The highest BCUT2D eigenvalue weighted by atomic mass is 35.5. The zero-order chi connectivity index (χ0) is 29.6. The minimum atomic E-state index is -4.20. The monoisotopic (exact) mass is 623 g/mol. The van der Waals surface area contributed by atoms with E-state index in [1.165, 1.54) is 29.2 Å². The Bertz CT molecular complexity index is 1460. The smallest absolute Gasteiger partial charge is 0.264 e. The van der Waals surface area contributed by atoms with Crippen molar-refractivity contribution < 1.29 is 18.0 Å². The van der Waals surface area contributed by atoms with Crippen LogP contribution in [-0.2, 0) is 26.2 Å². The molecule has 214 valence electrons. The highest BCUT2D eigenvalue weighted by molar-refractivity contribution is 7.92. The number of nitrogens with zero attached hydrogens (tertiary/aromatic N) is 2. The quantitative estimate of drug-likeness (QED) is 0.267. The summed E-state index contributed by atoms with van der Waals surface area (Å²) in [6, 6.07) is 14.9. The molecule has 0 unspecified atom stereocenters. The van der Waals surface area contributed by atoms with Crippen LogP contribution in [0.4, 0.5) is 5.69 Å². The largest absolute Gasteiger partial charge is 0.354 e. The van der Waals surface area contributed by atoms with Gasteiger partial charge in [-0.2, -0.15) is 0 Å². The number of amides is 2. The summed E-state index contributed by atoms with van der Waals surface area (Å²) in [7, 11) is -4.20. The van der Waals surface area contributed by atoms with Crippen LogP contribution in [0.5, 0.6) is 0 Å². The fraction of sp³-hybridized carbons (Fsp3) is 0.310. The summed E-state index contributed by atoms with van der Waals surface area (Å²) in [5, 5.41) is 3.83. The van der Waals surface area contributed by atoms with E-state index in [1.807, 2.05) is 20.8 Å². The van der Waals surface area contributed by atoms with Gasteiger partial charge in [0.2, 0.25) is 11.8 Å². The van der Waals surface area contributed by atoms with Gasteiger partial charge >= 0.3 is 0 Å². The fourth-order valence-electron chi connectivity index (χ4n) is 3.98. The third-order valence-electron chi connectivity index (χ3n) is 6.57. The Kier molecular flexibility index (Phi) is 10.9. The van der Waals surface area contributed by atoms with E-state index < -0.39 is 28.5 Å². The molecule has 0 heterocycles. The van der Waals surface area contributed by atoms with Gasteiger partial charge in [0.25, 0.3) is 10.0 Å². The summed E-state index contributed by atoms with van der Waals surface area (Å²) in [5.41, 5.74) is 2.58. The number of anilines is 1. The third-order valence-corrected chi connectivity index (χ3v) is 9.31. The molecule has 0 radical (unpaired) electrons. The van der Waals surface area contributed by atoms with Crippen LogP contribution in [-0.4, -0.2) is 44.3 Å². The Balaban J connectivity index is 2.08. The molecule has 0 saturated heterocycles. The topological polar surface area (TPSA) is 86.8 Å².